The molecule has 1 heterocycles. The lowest BCUT2D eigenvalue weighted by Crippen LogP contribution is -2.31. The van der Waals surface area contributed by atoms with Crippen LogP contribution in [-0.4, -0.2) is 15.5 Å². The standard InChI is InChI=1S/C16H21N3O/c1-19-11-18-14-9-12(7-8-15(14)19)10-17-16(20)13-5-3-2-4-6-13/h7-9,11,13H,2-6,10H2,1H3,(H,17,20). The molecule has 0 saturated heterocycles. The van der Waals surface area contributed by atoms with Gasteiger partial charge in [0.15, 0.2) is 0 Å². The number of benzene rings is 1. The number of carbonyl (C=O) groups is 1. The summed E-state index contributed by atoms with van der Waals surface area (Å²) in [5, 5.41) is 3.07. The molecule has 1 aliphatic rings. The molecule has 106 valence electrons. The fraction of sp³-hybridized carbons (Fsp3) is 0.500. The fourth-order valence-electron chi connectivity index (χ4n) is 2.99. The van der Waals surface area contributed by atoms with Gasteiger partial charge >= 0.3 is 0 Å². The molecule has 0 unspecified atom stereocenters. The van der Waals surface area contributed by atoms with Crippen LogP contribution in [0.2, 0.25) is 0 Å². The van der Waals surface area contributed by atoms with Crippen LogP contribution in [0.15, 0.2) is 24.5 Å². The van der Waals surface area contributed by atoms with Gasteiger partial charge in [-0.1, -0.05) is 25.3 Å². The van der Waals surface area contributed by atoms with Gasteiger partial charge in [0.25, 0.3) is 0 Å². The maximum absolute atomic E-state index is 12.1. The first-order chi connectivity index (χ1) is 9.74. The fourth-order valence-corrected chi connectivity index (χ4v) is 2.99. The third-order valence-corrected chi connectivity index (χ3v) is 4.23. The molecule has 1 fully saturated rings. The lowest BCUT2D eigenvalue weighted by Gasteiger charge is -2.20. The van der Waals surface area contributed by atoms with Gasteiger partial charge in [-0.05, 0) is 30.5 Å². The van der Waals surface area contributed by atoms with Gasteiger partial charge in [-0.3, -0.25) is 4.79 Å². The predicted molar refractivity (Wildman–Crippen MR) is 79.1 cm³/mol. The average Bonchev–Trinajstić information content (AvgIpc) is 2.87. The van der Waals surface area contributed by atoms with Crippen molar-refractivity contribution in [3.05, 3.63) is 30.1 Å². The Morgan fingerprint density at radius 3 is 2.95 bits per heavy atom. The van der Waals surface area contributed by atoms with Crippen molar-refractivity contribution >= 4 is 16.9 Å². The molecule has 4 heteroatoms. The molecule has 0 atom stereocenters. The van der Waals surface area contributed by atoms with E-state index in [4.69, 9.17) is 0 Å². The second-order valence-corrected chi connectivity index (χ2v) is 5.73. The number of nitrogens with zero attached hydrogens (tertiary/aromatic N) is 2. The van der Waals surface area contributed by atoms with E-state index in [1.807, 2.05) is 17.9 Å². The van der Waals surface area contributed by atoms with Crippen molar-refractivity contribution in [3.63, 3.8) is 0 Å². The van der Waals surface area contributed by atoms with E-state index in [2.05, 4.69) is 28.5 Å². The van der Waals surface area contributed by atoms with Gasteiger partial charge in [-0.2, -0.15) is 0 Å². The summed E-state index contributed by atoms with van der Waals surface area (Å²) < 4.78 is 2.00. The van der Waals surface area contributed by atoms with Crippen molar-refractivity contribution in [1.82, 2.24) is 14.9 Å². The van der Waals surface area contributed by atoms with Gasteiger partial charge in [0.2, 0.25) is 5.91 Å². The average molecular weight is 271 g/mol. The number of amides is 1. The summed E-state index contributed by atoms with van der Waals surface area (Å²) in [6.07, 6.45) is 7.57. The first-order valence-corrected chi connectivity index (χ1v) is 7.42. The van der Waals surface area contributed by atoms with E-state index in [9.17, 15) is 4.79 Å². The summed E-state index contributed by atoms with van der Waals surface area (Å²) in [5.41, 5.74) is 3.21. The van der Waals surface area contributed by atoms with Crippen LogP contribution in [0.5, 0.6) is 0 Å². The maximum Gasteiger partial charge on any atom is 0.223 e. The summed E-state index contributed by atoms with van der Waals surface area (Å²) in [7, 11) is 1.99. The normalized spacial score (nSPS) is 16.4. The Bertz CT molecular complexity index is 611. The summed E-state index contributed by atoms with van der Waals surface area (Å²) in [6, 6.07) is 6.17. The quantitative estimate of drug-likeness (QED) is 0.933. The molecule has 2 aromatic rings. The second kappa shape index (κ2) is 5.65. The Labute approximate surface area is 119 Å². The van der Waals surface area contributed by atoms with E-state index in [1.165, 1.54) is 19.3 Å². The Morgan fingerprint density at radius 1 is 1.35 bits per heavy atom. The van der Waals surface area contributed by atoms with E-state index < -0.39 is 0 Å². The number of hydrogen-bond acceptors (Lipinski definition) is 2. The van der Waals surface area contributed by atoms with Crippen molar-refractivity contribution in [2.45, 2.75) is 38.6 Å². The SMILES string of the molecule is Cn1cnc2cc(CNC(=O)C3CCCCC3)ccc21. The Kier molecular flexibility index (Phi) is 3.72. The highest BCUT2D eigenvalue weighted by molar-refractivity contribution is 5.79. The van der Waals surface area contributed by atoms with Crippen molar-refractivity contribution in [2.24, 2.45) is 13.0 Å². The number of carbonyl (C=O) groups excluding carboxylic acids is 1. The highest BCUT2D eigenvalue weighted by Gasteiger charge is 2.20. The van der Waals surface area contributed by atoms with E-state index in [0.717, 1.165) is 29.4 Å². The van der Waals surface area contributed by atoms with E-state index in [1.54, 1.807) is 0 Å². The molecule has 0 bridgehead atoms. The monoisotopic (exact) mass is 271 g/mol. The summed E-state index contributed by atoms with van der Waals surface area (Å²) in [5.74, 6) is 0.438. The molecule has 1 aliphatic carbocycles. The van der Waals surface area contributed by atoms with Crippen LogP contribution < -0.4 is 5.32 Å². The van der Waals surface area contributed by atoms with Crippen LogP contribution in [0.25, 0.3) is 11.0 Å². The van der Waals surface area contributed by atoms with Gasteiger partial charge in [0.1, 0.15) is 0 Å². The maximum atomic E-state index is 12.1. The number of rotatable bonds is 3. The van der Waals surface area contributed by atoms with E-state index in [-0.39, 0.29) is 11.8 Å². The zero-order chi connectivity index (χ0) is 13.9. The number of aromatic nitrogens is 2. The molecule has 0 radical (unpaired) electrons. The third-order valence-electron chi connectivity index (χ3n) is 4.23. The second-order valence-electron chi connectivity index (χ2n) is 5.73. The zero-order valence-electron chi connectivity index (χ0n) is 11.9. The molecule has 0 aliphatic heterocycles. The highest BCUT2D eigenvalue weighted by Crippen LogP contribution is 2.23. The van der Waals surface area contributed by atoms with Crippen molar-refractivity contribution in [3.8, 4) is 0 Å². The van der Waals surface area contributed by atoms with Crippen LogP contribution in [-0.2, 0) is 18.4 Å². The smallest absolute Gasteiger partial charge is 0.223 e. The molecule has 0 spiro atoms. The first-order valence-electron chi connectivity index (χ1n) is 7.42. The van der Waals surface area contributed by atoms with Crippen LogP contribution >= 0.6 is 0 Å². The molecular formula is C16H21N3O. The lowest BCUT2D eigenvalue weighted by molar-refractivity contribution is -0.126. The number of hydrogen-bond donors (Lipinski definition) is 1. The molecular weight excluding hydrogens is 250 g/mol. The largest absolute Gasteiger partial charge is 0.352 e. The minimum Gasteiger partial charge on any atom is -0.352 e. The molecule has 1 amide bonds. The summed E-state index contributed by atoms with van der Waals surface area (Å²) >= 11 is 0. The van der Waals surface area contributed by atoms with Crippen LogP contribution in [0, 0.1) is 5.92 Å². The van der Waals surface area contributed by atoms with Crippen LogP contribution in [0.3, 0.4) is 0 Å². The van der Waals surface area contributed by atoms with Crippen molar-refractivity contribution in [2.75, 3.05) is 0 Å². The molecule has 1 saturated carbocycles. The van der Waals surface area contributed by atoms with Gasteiger partial charge in [0.05, 0.1) is 17.4 Å². The summed E-state index contributed by atoms with van der Waals surface area (Å²) in [6.45, 7) is 0.599. The van der Waals surface area contributed by atoms with Gasteiger partial charge < -0.3 is 9.88 Å². The third kappa shape index (κ3) is 2.69. The molecule has 1 aromatic carbocycles. The van der Waals surface area contributed by atoms with Crippen molar-refractivity contribution in [1.29, 1.82) is 0 Å². The predicted octanol–water partition coefficient (Wildman–Crippen LogP) is 2.77. The summed E-state index contributed by atoms with van der Waals surface area (Å²) in [4.78, 5) is 16.5. The first kappa shape index (κ1) is 13.2. The molecule has 20 heavy (non-hydrogen) atoms. The minimum absolute atomic E-state index is 0.214. The van der Waals surface area contributed by atoms with E-state index >= 15 is 0 Å². The van der Waals surface area contributed by atoms with Crippen molar-refractivity contribution < 1.29 is 4.79 Å². The number of nitrogens with one attached hydrogen (secondary N) is 1. The number of aryl methyl sites for hydroxylation is 1. The molecule has 1 N–H and O–H groups in total. The highest BCUT2D eigenvalue weighted by atomic mass is 16.1. The molecule has 1 aromatic heterocycles. The van der Waals surface area contributed by atoms with Gasteiger partial charge in [0, 0.05) is 19.5 Å². The number of imidazole rings is 1. The zero-order valence-corrected chi connectivity index (χ0v) is 11.9. The minimum atomic E-state index is 0.214. The molecule has 4 nitrogen and oxygen atoms in total. The number of fused-ring (bicyclic) bond motifs is 1. The Morgan fingerprint density at radius 2 is 2.15 bits per heavy atom. The lowest BCUT2D eigenvalue weighted by atomic mass is 9.88. The van der Waals surface area contributed by atoms with E-state index in [0.29, 0.717) is 6.54 Å². The topological polar surface area (TPSA) is 46.9 Å². The molecule has 3 rings (SSSR count). The van der Waals surface area contributed by atoms with Gasteiger partial charge in [-0.25, -0.2) is 4.98 Å². The van der Waals surface area contributed by atoms with Gasteiger partial charge in [-0.15, -0.1) is 0 Å². The van der Waals surface area contributed by atoms with Crippen LogP contribution in [0.1, 0.15) is 37.7 Å². The Balaban J connectivity index is 1.62. The van der Waals surface area contributed by atoms with Crippen LogP contribution in [0.4, 0.5) is 0 Å². The Hall–Kier alpha value is -1.84.